The first-order valence-corrected chi connectivity index (χ1v) is 27.6. The van der Waals surface area contributed by atoms with Crippen LogP contribution in [0.4, 0.5) is 17.1 Å². The number of unbranched alkanes of at least 4 members (excludes halogenated alkanes) is 16. The van der Waals surface area contributed by atoms with Crippen LogP contribution in [0, 0.1) is 23.7 Å². The number of anilines is 2. The average molecular weight is 892 g/mol. The predicted octanol–water partition coefficient (Wildman–Crippen LogP) is 17.8. The van der Waals surface area contributed by atoms with Crippen LogP contribution in [0.5, 0.6) is 0 Å². The normalized spacial score (nSPS) is 19.1. The SMILES string of the molecule is O=C1C(c2ccc(N(CCCCCCCCCCCC3CCCCC3)c3ccccc3)cc2)=C(O)C1C1C=CC(=[N+](CCCCCCCCCCCC2CCCCC2)c2ccccc2)C=C1. The summed E-state index contributed by atoms with van der Waals surface area (Å²) in [5.74, 6) is 1.63. The van der Waals surface area contributed by atoms with Crippen LogP contribution in [0.3, 0.4) is 0 Å². The van der Waals surface area contributed by atoms with E-state index in [2.05, 4.69) is 107 Å². The second kappa shape index (κ2) is 28.2. The molecule has 0 aliphatic heterocycles. The summed E-state index contributed by atoms with van der Waals surface area (Å²) in [6.45, 7) is 1.93. The molecule has 2 saturated carbocycles. The Morgan fingerprint density at radius 1 is 0.500 bits per heavy atom. The fourth-order valence-electron chi connectivity index (χ4n) is 11.7. The Bertz CT molecular complexity index is 1950. The molecule has 1 unspecified atom stereocenters. The molecule has 66 heavy (non-hydrogen) atoms. The summed E-state index contributed by atoms with van der Waals surface area (Å²) in [4.78, 5) is 16.2. The summed E-state index contributed by atoms with van der Waals surface area (Å²) in [5, 5.41) is 11.4. The number of carbonyl (C=O) groups is 1. The lowest BCUT2D eigenvalue weighted by molar-refractivity contribution is -0.439. The number of ketones is 1. The predicted molar refractivity (Wildman–Crippen MR) is 281 cm³/mol. The Labute approximate surface area is 401 Å². The molecular formula is C62H87N2O2+. The number of Topliss-reactive ketones (excluding diaryl/α,β-unsaturated/α-hetero) is 1. The first-order valence-electron chi connectivity index (χ1n) is 27.6. The molecule has 4 aliphatic carbocycles. The minimum atomic E-state index is -0.525. The highest BCUT2D eigenvalue weighted by atomic mass is 16.3. The van der Waals surface area contributed by atoms with Crippen molar-refractivity contribution in [2.24, 2.45) is 23.7 Å². The van der Waals surface area contributed by atoms with E-state index >= 15 is 0 Å². The monoisotopic (exact) mass is 892 g/mol. The van der Waals surface area contributed by atoms with Crippen molar-refractivity contribution in [3.63, 3.8) is 0 Å². The van der Waals surface area contributed by atoms with Crippen molar-refractivity contribution in [1.29, 1.82) is 0 Å². The molecule has 0 radical (unpaired) electrons. The maximum atomic E-state index is 13.8. The van der Waals surface area contributed by atoms with Crippen molar-refractivity contribution < 1.29 is 14.5 Å². The third-order valence-electron chi connectivity index (χ3n) is 15.8. The number of aliphatic hydroxyl groups excluding tert-OH is 1. The van der Waals surface area contributed by atoms with Crippen molar-refractivity contribution >= 4 is 34.1 Å². The molecule has 0 spiro atoms. The number of allylic oxidation sites excluding steroid dienone is 6. The quantitative estimate of drug-likeness (QED) is 0.0558. The molecule has 3 aromatic rings. The van der Waals surface area contributed by atoms with E-state index in [0.717, 1.165) is 54.7 Å². The van der Waals surface area contributed by atoms with Crippen molar-refractivity contribution in [1.82, 2.24) is 0 Å². The lowest BCUT2D eigenvalue weighted by Crippen LogP contribution is -2.35. The zero-order valence-electron chi connectivity index (χ0n) is 41.1. The molecule has 0 saturated heterocycles. The van der Waals surface area contributed by atoms with E-state index in [0.29, 0.717) is 5.57 Å². The highest BCUT2D eigenvalue weighted by Gasteiger charge is 2.44. The largest absolute Gasteiger partial charge is 0.511 e. The van der Waals surface area contributed by atoms with E-state index in [1.54, 1.807) is 0 Å². The van der Waals surface area contributed by atoms with Crippen LogP contribution < -0.4 is 4.90 Å². The van der Waals surface area contributed by atoms with Crippen LogP contribution >= 0.6 is 0 Å². The minimum absolute atomic E-state index is 0.0294. The molecule has 4 aliphatic rings. The number of rotatable bonds is 29. The second-order valence-electron chi connectivity index (χ2n) is 20.8. The Morgan fingerprint density at radius 3 is 1.47 bits per heavy atom. The van der Waals surface area contributed by atoms with Gasteiger partial charge in [-0.3, -0.25) is 4.79 Å². The summed E-state index contributed by atoms with van der Waals surface area (Å²) in [7, 11) is 0. The summed E-state index contributed by atoms with van der Waals surface area (Å²) in [5.41, 5.74) is 5.92. The number of aliphatic hydroxyl groups is 1. The number of carbonyl (C=O) groups excluding carboxylic acids is 1. The Balaban J connectivity index is 0.843. The van der Waals surface area contributed by atoms with Gasteiger partial charge < -0.3 is 10.0 Å². The molecule has 356 valence electrons. The highest BCUT2D eigenvalue weighted by molar-refractivity contribution is 6.30. The standard InChI is InChI=1S/C62H86N2O2/c65-61-59(53-41-45-57(46-42-53)63(55-37-25-17-26-38-55)49-29-13-9-5-1-3-7-11-19-31-51-33-21-15-22-34-51)62(66)60(61)54-43-47-58(48-44-54)64(56-39-27-18-28-40-56)50-30-14-10-6-2-4-8-12-20-32-52-35-23-16-24-36-52/h17-18,25-28,37-48,51-53,59H,1-16,19-24,29-36,49-50H2/p+1. The average Bonchev–Trinajstić information content (AvgIpc) is 3.36. The maximum absolute atomic E-state index is 13.8. The van der Waals surface area contributed by atoms with Gasteiger partial charge in [-0.25, -0.2) is 0 Å². The van der Waals surface area contributed by atoms with Gasteiger partial charge in [-0.15, -0.1) is 0 Å². The topological polar surface area (TPSA) is 43.6 Å². The Kier molecular flexibility index (Phi) is 21.3. The van der Waals surface area contributed by atoms with Gasteiger partial charge in [0.2, 0.25) is 11.4 Å². The summed E-state index contributed by atoms with van der Waals surface area (Å²) < 4.78 is 2.42. The number of hydrogen-bond acceptors (Lipinski definition) is 3. The number of nitrogens with zero attached hydrogens (tertiary/aromatic N) is 2. The van der Waals surface area contributed by atoms with Gasteiger partial charge in [0.25, 0.3) is 0 Å². The molecule has 1 N–H and O–H groups in total. The minimum Gasteiger partial charge on any atom is -0.511 e. The van der Waals surface area contributed by atoms with Gasteiger partial charge in [0, 0.05) is 54.5 Å². The van der Waals surface area contributed by atoms with Crippen LogP contribution in [-0.4, -0.2) is 34.3 Å². The number of benzene rings is 3. The van der Waals surface area contributed by atoms with Crippen molar-refractivity contribution in [2.45, 2.75) is 193 Å². The lowest BCUT2D eigenvalue weighted by Gasteiger charge is -2.32. The fraction of sp³-hybridized carbons (Fsp3) is 0.581. The van der Waals surface area contributed by atoms with Crippen LogP contribution in [-0.2, 0) is 4.79 Å². The van der Waals surface area contributed by atoms with Gasteiger partial charge in [-0.05, 0) is 54.5 Å². The van der Waals surface area contributed by atoms with Gasteiger partial charge in [0.05, 0.1) is 11.5 Å². The molecule has 7 rings (SSSR count). The van der Waals surface area contributed by atoms with Crippen LogP contribution in [0.25, 0.3) is 5.57 Å². The van der Waals surface area contributed by atoms with Crippen molar-refractivity contribution in [3.05, 3.63) is 121 Å². The summed E-state index contributed by atoms with van der Waals surface area (Å²) in [6.07, 6.45) is 50.5. The summed E-state index contributed by atoms with van der Waals surface area (Å²) >= 11 is 0. The van der Waals surface area contributed by atoms with Crippen LogP contribution in [0.15, 0.2) is 115 Å². The Hall–Kier alpha value is -4.18. The first-order chi connectivity index (χ1) is 32.7. The molecule has 1 atom stereocenters. The van der Waals surface area contributed by atoms with E-state index < -0.39 is 5.92 Å². The van der Waals surface area contributed by atoms with E-state index in [9.17, 15) is 9.90 Å². The van der Waals surface area contributed by atoms with Gasteiger partial charge in [0.1, 0.15) is 12.3 Å². The van der Waals surface area contributed by atoms with Crippen LogP contribution in [0.2, 0.25) is 0 Å². The number of para-hydroxylation sites is 2. The molecule has 4 heteroatoms. The third kappa shape index (κ3) is 15.4. The van der Waals surface area contributed by atoms with Gasteiger partial charge in [-0.2, -0.15) is 4.58 Å². The smallest absolute Gasteiger partial charge is 0.205 e. The highest BCUT2D eigenvalue weighted by Crippen LogP contribution is 2.43. The van der Waals surface area contributed by atoms with Crippen LogP contribution in [0.1, 0.15) is 198 Å². The molecular weight excluding hydrogens is 805 g/mol. The lowest BCUT2D eigenvalue weighted by atomic mass is 9.71. The first kappa shape index (κ1) is 49.7. The molecule has 2 fully saturated rings. The molecule has 0 aromatic heterocycles. The van der Waals surface area contributed by atoms with E-state index in [1.807, 2.05) is 12.1 Å². The zero-order valence-corrected chi connectivity index (χ0v) is 41.1. The fourth-order valence-corrected chi connectivity index (χ4v) is 11.7. The molecule has 0 amide bonds. The van der Waals surface area contributed by atoms with E-state index in [-0.39, 0.29) is 17.5 Å². The van der Waals surface area contributed by atoms with Gasteiger partial charge in [0.15, 0.2) is 5.78 Å². The molecule has 0 bridgehead atoms. The van der Waals surface area contributed by atoms with Crippen molar-refractivity contribution in [2.75, 3.05) is 18.0 Å². The molecule has 4 nitrogen and oxygen atoms in total. The molecule has 3 aromatic carbocycles. The molecule has 0 heterocycles. The Morgan fingerprint density at radius 2 is 0.955 bits per heavy atom. The van der Waals surface area contributed by atoms with E-state index in [1.165, 1.54) is 191 Å². The zero-order chi connectivity index (χ0) is 45.4. The number of hydrogen-bond donors (Lipinski definition) is 1. The maximum Gasteiger partial charge on any atom is 0.205 e. The van der Waals surface area contributed by atoms with Crippen molar-refractivity contribution in [3.8, 4) is 0 Å². The van der Waals surface area contributed by atoms with E-state index in [4.69, 9.17) is 0 Å². The summed E-state index contributed by atoms with van der Waals surface area (Å²) in [6, 6.07) is 29.6. The third-order valence-corrected chi connectivity index (χ3v) is 15.8. The van der Waals surface area contributed by atoms with Gasteiger partial charge in [-0.1, -0.05) is 234 Å². The van der Waals surface area contributed by atoms with Gasteiger partial charge >= 0.3 is 0 Å². The second-order valence-corrected chi connectivity index (χ2v) is 20.8.